The van der Waals surface area contributed by atoms with Crippen LogP contribution in [-0.4, -0.2) is 33.3 Å². The smallest absolute Gasteiger partial charge is 0.256 e. The summed E-state index contributed by atoms with van der Waals surface area (Å²) in [5.74, 6) is -0.120. The maximum absolute atomic E-state index is 12.5. The van der Waals surface area contributed by atoms with Gasteiger partial charge in [-0.25, -0.2) is 0 Å². The second kappa shape index (κ2) is 8.25. The number of nitrogens with zero attached hydrogens (tertiary/aromatic N) is 1. The molecule has 148 valence electrons. The van der Waals surface area contributed by atoms with Crippen LogP contribution in [0.25, 0.3) is 5.57 Å². The molecule has 2 aromatic rings. The minimum atomic E-state index is -1.07. The molecule has 1 aliphatic carbocycles. The normalized spacial score (nSPS) is 19.2. The predicted molar refractivity (Wildman–Crippen MR) is 111 cm³/mol. The van der Waals surface area contributed by atoms with Crippen molar-refractivity contribution in [1.29, 1.82) is 0 Å². The SMILES string of the molecule is CC1=C(c2ccc(NC(=O)c3ccncc3C)cc2)CC(C(C)(O)CO)CC1. The Labute approximate surface area is 166 Å². The van der Waals surface area contributed by atoms with Crippen molar-refractivity contribution in [2.45, 2.75) is 45.6 Å². The molecule has 0 saturated carbocycles. The first-order valence-electron chi connectivity index (χ1n) is 9.66. The molecule has 1 heterocycles. The molecule has 0 spiro atoms. The Balaban J connectivity index is 1.75. The van der Waals surface area contributed by atoms with E-state index in [4.69, 9.17) is 0 Å². The van der Waals surface area contributed by atoms with E-state index in [9.17, 15) is 15.0 Å². The van der Waals surface area contributed by atoms with Crippen molar-refractivity contribution < 1.29 is 15.0 Å². The number of nitrogens with one attached hydrogen (secondary N) is 1. The highest BCUT2D eigenvalue weighted by Crippen LogP contribution is 2.40. The van der Waals surface area contributed by atoms with Crippen LogP contribution in [0.15, 0.2) is 48.3 Å². The summed E-state index contributed by atoms with van der Waals surface area (Å²) in [4.78, 5) is 16.5. The van der Waals surface area contributed by atoms with Gasteiger partial charge in [-0.1, -0.05) is 17.7 Å². The number of benzene rings is 1. The summed E-state index contributed by atoms with van der Waals surface area (Å²) in [7, 11) is 0. The molecule has 3 N–H and O–H groups in total. The summed E-state index contributed by atoms with van der Waals surface area (Å²) in [5, 5.41) is 22.9. The van der Waals surface area contributed by atoms with Gasteiger partial charge >= 0.3 is 0 Å². The number of hydrogen-bond acceptors (Lipinski definition) is 4. The van der Waals surface area contributed by atoms with E-state index in [-0.39, 0.29) is 18.4 Å². The van der Waals surface area contributed by atoms with E-state index in [2.05, 4.69) is 17.2 Å². The zero-order valence-corrected chi connectivity index (χ0v) is 16.7. The molecule has 1 aliphatic rings. The Kier molecular flexibility index (Phi) is 5.96. The Morgan fingerprint density at radius 2 is 1.96 bits per heavy atom. The second-order valence-electron chi connectivity index (χ2n) is 7.94. The van der Waals surface area contributed by atoms with E-state index in [1.165, 1.54) is 11.1 Å². The monoisotopic (exact) mass is 380 g/mol. The maximum Gasteiger partial charge on any atom is 0.256 e. The highest BCUT2D eigenvalue weighted by Gasteiger charge is 2.34. The number of rotatable bonds is 5. The van der Waals surface area contributed by atoms with Gasteiger partial charge in [0.2, 0.25) is 0 Å². The number of aliphatic hydroxyl groups is 2. The van der Waals surface area contributed by atoms with E-state index in [1.54, 1.807) is 25.4 Å². The number of allylic oxidation sites excluding steroid dienone is 2. The Bertz CT molecular complexity index is 885. The molecule has 2 unspecified atom stereocenters. The standard InChI is InChI=1S/C23H28N2O3/c1-15-4-7-18(23(3,28)14-26)12-21(15)17-5-8-19(9-6-17)25-22(27)20-10-11-24-13-16(20)2/h5-6,8-11,13,18,26,28H,4,7,12,14H2,1-3H3,(H,25,27). The Morgan fingerprint density at radius 1 is 1.25 bits per heavy atom. The van der Waals surface area contributed by atoms with Crippen molar-refractivity contribution in [3.63, 3.8) is 0 Å². The summed E-state index contributed by atoms with van der Waals surface area (Å²) >= 11 is 0. The third-order valence-electron chi connectivity index (χ3n) is 5.79. The first-order chi connectivity index (χ1) is 13.3. The van der Waals surface area contributed by atoms with Crippen molar-refractivity contribution in [2.24, 2.45) is 5.92 Å². The molecule has 1 aromatic heterocycles. The van der Waals surface area contributed by atoms with Crippen LogP contribution in [0.3, 0.4) is 0 Å². The first-order valence-corrected chi connectivity index (χ1v) is 9.66. The number of anilines is 1. The molecule has 0 bridgehead atoms. The first kappa shape index (κ1) is 20.2. The lowest BCUT2D eigenvalue weighted by molar-refractivity contribution is -0.0487. The minimum Gasteiger partial charge on any atom is -0.393 e. The minimum absolute atomic E-state index is 0.0326. The van der Waals surface area contributed by atoms with Gasteiger partial charge in [0.25, 0.3) is 5.91 Å². The summed E-state index contributed by atoms with van der Waals surface area (Å²) < 4.78 is 0. The highest BCUT2D eigenvalue weighted by molar-refractivity contribution is 6.05. The maximum atomic E-state index is 12.5. The summed E-state index contributed by atoms with van der Waals surface area (Å²) in [6.07, 6.45) is 5.81. The van der Waals surface area contributed by atoms with Gasteiger partial charge in [0.15, 0.2) is 0 Å². The topological polar surface area (TPSA) is 82.5 Å². The average Bonchev–Trinajstić information content (AvgIpc) is 2.69. The Morgan fingerprint density at radius 3 is 2.61 bits per heavy atom. The van der Waals surface area contributed by atoms with E-state index in [0.717, 1.165) is 36.1 Å². The zero-order valence-electron chi connectivity index (χ0n) is 16.7. The number of aryl methyl sites for hydroxylation is 1. The quantitative estimate of drug-likeness (QED) is 0.733. The molecule has 1 amide bonds. The van der Waals surface area contributed by atoms with Crippen molar-refractivity contribution >= 4 is 17.2 Å². The summed E-state index contributed by atoms with van der Waals surface area (Å²) in [5.41, 5.74) is 4.73. The van der Waals surface area contributed by atoms with Crippen molar-refractivity contribution in [3.05, 3.63) is 65.0 Å². The third kappa shape index (κ3) is 4.32. The van der Waals surface area contributed by atoms with Gasteiger partial charge in [-0.15, -0.1) is 0 Å². The zero-order chi connectivity index (χ0) is 20.3. The number of carbonyl (C=O) groups excluding carboxylic acids is 1. The largest absolute Gasteiger partial charge is 0.393 e. The van der Waals surface area contributed by atoms with Gasteiger partial charge in [-0.3, -0.25) is 9.78 Å². The lowest BCUT2D eigenvalue weighted by Crippen LogP contribution is -2.39. The van der Waals surface area contributed by atoms with Gasteiger partial charge in [0.05, 0.1) is 12.2 Å². The molecular formula is C23H28N2O3. The molecule has 0 aliphatic heterocycles. The number of amides is 1. The van der Waals surface area contributed by atoms with Crippen LogP contribution in [0.5, 0.6) is 0 Å². The molecular weight excluding hydrogens is 352 g/mol. The molecule has 0 saturated heterocycles. The van der Waals surface area contributed by atoms with Gasteiger partial charge in [-0.05, 0) is 80.9 Å². The van der Waals surface area contributed by atoms with Crippen LogP contribution in [0, 0.1) is 12.8 Å². The molecule has 0 radical (unpaired) electrons. The van der Waals surface area contributed by atoms with Gasteiger partial charge in [-0.2, -0.15) is 0 Å². The van der Waals surface area contributed by atoms with Crippen LogP contribution in [0.4, 0.5) is 5.69 Å². The molecule has 0 fully saturated rings. The fourth-order valence-corrected chi connectivity index (χ4v) is 3.77. The summed E-state index contributed by atoms with van der Waals surface area (Å²) in [6.45, 7) is 5.46. The Hall–Kier alpha value is -2.50. The van der Waals surface area contributed by atoms with Gasteiger partial charge in [0, 0.05) is 23.6 Å². The second-order valence-corrected chi connectivity index (χ2v) is 7.94. The van der Waals surface area contributed by atoms with Crippen LogP contribution < -0.4 is 5.32 Å². The van der Waals surface area contributed by atoms with Crippen molar-refractivity contribution in [2.75, 3.05) is 11.9 Å². The van der Waals surface area contributed by atoms with E-state index in [1.807, 2.05) is 31.2 Å². The van der Waals surface area contributed by atoms with Crippen LogP contribution in [0.1, 0.15) is 54.6 Å². The molecule has 5 nitrogen and oxygen atoms in total. The van der Waals surface area contributed by atoms with Crippen LogP contribution in [0.2, 0.25) is 0 Å². The lowest BCUT2D eigenvalue weighted by Gasteiger charge is -2.36. The number of aliphatic hydroxyl groups excluding tert-OH is 1. The third-order valence-corrected chi connectivity index (χ3v) is 5.79. The van der Waals surface area contributed by atoms with E-state index >= 15 is 0 Å². The van der Waals surface area contributed by atoms with Gasteiger partial charge in [0.1, 0.15) is 0 Å². The fourth-order valence-electron chi connectivity index (χ4n) is 3.77. The van der Waals surface area contributed by atoms with Crippen molar-refractivity contribution in [3.8, 4) is 0 Å². The molecule has 2 atom stereocenters. The van der Waals surface area contributed by atoms with Crippen molar-refractivity contribution in [1.82, 2.24) is 4.98 Å². The number of pyridine rings is 1. The molecule has 1 aromatic carbocycles. The predicted octanol–water partition coefficient (Wildman–Crippen LogP) is 3.96. The van der Waals surface area contributed by atoms with Gasteiger partial charge < -0.3 is 15.5 Å². The lowest BCUT2D eigenvalue weighted by atomic mass is 9.74. The van der Waals surface area contributed by atoms with Crippen LogP contribution >= 0.6 is 0 Å². The molecule has 28 heavy (non-hydrogen) atoms. The van der Waals surface area contributed by atoms with E-state index < -0.39 is 5.60 Å². The molecule has 3 rings (SSSR count). The number of aromatic nitrogens is 1. The van der Waals surface area contributed by atoms with Crippen LogP contribution in [-0.2, 0) is 0 Å². The average molecular weight is 380 g/mol. The molecule has 5 heteroatoms. The number of carbonyl (C=O) groups is 1. The number of hydrogen-bond donors (Lipinski definition) is 3. The fraction of sp³-hybridized carbons (Fsp3) is 0.391. The highest BCUT2D eigenvalue weighted by atomic mass is 16.3. The summed E-state index contributed by atoms with van der Waals surface area (Å²) in [6, 6.07) is 9.52. The van der Waals surface area contributed by atoms with E-state index in [0.29, 0.717) is 5.56 Å².